The third kappa shape index (κ3) is 3.62. The highest BCUT2D eigenvalue weighted by Gasteiger charge is 2.31. The fourth-order valence-corrected chi connectivity index (χ4v) is 1.62. The lowest BCUT2D eigenvalue weighted by molar-refractivity contribution is -0.138. The molecule has 0 aliphatic carbocycles. The number of aromatic nitrogens is 1. The zero-order valence-corrected chi connectivity index (χ0v) is 11.1. The molecular formula is C9H8Br2F3NO. The molecule has 16 heavy (non-hydrogen) atoms. The number of hydrogen-bond acceptors (Lipinski definition) is 1. The van der Waals surface area contributed by atoms with Gasteiger partial charge in [0.25, 0.3) is 5.56 Å². The van der Waals surface area contributed by atoms with Crippen molar-refractivity contribution in [2.45, 2.75) is 17.5 Å². The van der Waals surface area contributed by atoms with Crippen LogP contribution in [0.4, 0.5) is 13.2 Å². The van der Waals surface area contributed by atoms with Crippen LogP contribution in [0.25, 0.3) is 0 Å². The molecule has 1 aromatic heterocycles. The van der Waals surface area contributed by atoms with Gasteiger partial charge in [-0.2, -0.15) is 13.2 Å². The van der Waals surface area contributed by atoms with Crippen molar-refractivity contribution in [1.82, 2.24) is 4.57 Å². The van der Waals surface area contributed by atoms with Crippen LogP contribution in [0.5, 0.6) is 0 Å². The Morgan fingerprint density at radius 3 is 2.50 bits per heavy atom. The van der Waals surface area contributed by atoms with E-state index in [1.807, 2.05) is 0 Å². The van der Waals surface area contributed by atoms with Crippen molar-refractivity contribution < 1.29 is 13.2 Å². The van der Waals surface area contributed by atoms with Gasteiger partial charge in [-0.15, -0.1) is 0 Å². The Bertz CT molecular complexity index is 416. The monoisotopic (exact) mass is 361 g/mol. The molecule has 0 radical (unpaired) electrons. The van der Waals surface area contributed by atoms with E-state index < -0.39 is 17.3 Å². The fraction of sp³-hybridized carbons (Fsp3) is 0.444. The molecule has 0 bridgehead atoms. The van der Waals surface area contributed by atoms with Crippen LogP contribution < -0.4 is 5.56 Å². The molecule has 1 atom stereocenters. The molecule has 0 unspecified atom stereocenters. The van der Waals surface area contributed by atoms with Crippen molar-refractivity contribution in [2.24, 2.45) is 0 Å². The topological polar surface area (TPSA) is 22.0 Å². The molecule has 1 rings (SSSR count). The Balaban J connectivity index is 3.05. The van der Waals surface area contributed by atoms with Gasteiger partial charge in [0.15, 0.2) is 0 Å². The number of alkyl halides is 5. The fourth-order valence-electron chi connectivity index (χ4n) is 1.10. The maximum Gasteiger partial charge on any atom is 0.417 e. The first kappa shape index (κ1) is 13.8. The molecule has 0 N–H and O–H groups in total. The van der Waals surface area contributed by atoms with Gasteiger partial charge in [-0.05, 0) is 6.07 Å². The van der Waals surface area contributed by atoms with Crippen molar-refractivity contribution in [3.05, 3.63) is 34.2 Å². The quantitative estimate of drug-likeness (QED) is 0.757. The second-order valence-electron chi connectivity index (χ2n) is 3.16. The van der Waals surface area contributed by atoms with Gasteiger partial charge in [0.05, 0.1) is 5.56 Å². The summed E-state index contributed by atoms with van der Waals surface area (Å²) in [6, 6.07) is 1.72. The van der Waals surface area contributed by atoms with Gasteiger partial charge in [0.2, 0.25) is 0 Å². The first-order valence-electron chi connectivity index (χ1n) is 4.32. The summed E-state index contributed by atoms with van der Waals surface area (Å²) in [5.74, 6) is 0. The van der Waals surface area contributed by atoms with Crippen LogP contribution in [0, 0.1) is 0 Å². The minimum absolute atomic E-state index is 0.0892. The average Bonchev–Trinajstić information content (AvgIpc) is 2.19. The third-order valence-electron chi connectivity index (χ3n) is 1.87. The van der Waals surface area contributed by atoms with Crippen LogP contribution in [0.2, 0.25) is 0 Å². The zero-order chi connectivity index (χ0) is 12.3. The summed E-state index contributed by atoms with van der Waals surface area (Å²) in [5, 5.41) is 0.551. The number of rotatable bonds is 3. The highest BCUT2D eigenvalue weighted by molar-refractivity contribution is 9.12. The molecule has 0 aromatic carbocycles. The second kappa shape index (κ2) is 5.35. The van der Waals surface area contributed by atoms with E-state index in [1.165, 1.54) is 0 Å². The lowest BCUT2D eigenvalue weighted by Gasteiger charge is -2.12. The second-order valence-corrected chi connectivity index (χ2v) is 5.10. The minimum atomic E-state index is -4.42. The Kier molecular flexibility index (Phi) is 4.61. The molecule has 1 aromatic rings. The van der Waals surface area contributed by atoms with Crippen LogP contribution in [-0.4, -0.2) is 14.7 Å². The third-order valence-corrected chi connectivity index (χ3v) is 4.14. The molecule has 0 aliphatic heterocycles. The average molecular weight is 363 g/mol. The van der Waals surface area contributed by atoms with Crippen molar-refractivity contribution in [2.75, 3.05) is 5.33 Å². The summed E-state index contributed by atoms with van der Waals surface area (Å²) >= 11 is 6.41. The summed E-state index contributed by atoms with van der Waals surface area (Å²) in [7, 11) is 0. The van der Waals surface area contributed by atoms with Gasteiger partial charge in [-0.1, -0.05) is 31.9 Å². The van der Waals surface area contributed by atoms with Crippen LogP contribution in [0.1, 0.15) is 5.56 Å². The van der Waals surface area contributed by atoms with E-state index in [2.05, 4.69) is 31.9 Å². The van der Waals surface area contributed by atoms with E-state index in [0.29, 0.717) is 5.33 Å². The molecular weight excluding hydrogens is 355 g/mol. The highest BCUT2D eigenvalue weighted by atomic mass is 79.9. The molecule has 7 heteroatoms. The highest BCUT2D eigenvalue weighted by Crippen LogP contribution is 2.28. The summed E-state index contributed by atoms with van der Waals surface area (Å²) in [6.07, 6.45) is -3.59. The Morgan fingerprint density at radius 2 is 2.00 bits per heavy atom. The van der Waals surface area contributed by atoms with Gasteiger partial charge in [-0.3, -0.25) is 4.79 Å². The van der Waals surface area contributed by atoms with E-state index in [4.69, 9.17) is 0 Å². The van der Waals surface area contributed by atoms with E-state index in [1.54, 1.807) is 0 Å². The maximum absolute atomic E-state index is 12.4. The largest absolute Gasteiger partial charge is 0.417 e. The van der Waals surface area contributed by atoms with Crippen molar-refractivity contribution in [1.29, 1.82) is 0 Å². The maximum atomic E-state index is 12.4. The molecule has 0 amide bonds. The number of pyridine rings is 1. The summed E-state index contributed by atoms with van der Waals surface area (Å²) < 4.78 is 38.2. The van der Waals surface area contributed by atoms with Crippen molar-refractivity contribution in [3.8, 4) is 0 Å². The van der Waals surface area contributed by atoms with Gasteiger partial charge >= 0.3 is 6.18 Å². The first-order chi connectivity index (χ1) is 7.34. The summed E-state index contributed by atoms with van der Waals surface area (Å²) in [5.41, 5.74) is -1.26. The normalized spacial score (nSPS) is 13.8. The predicted molar refractivity (Wildman–Crippen MR) is 62.2 cm³/mol. The van der Waals surface area contributed by atoms with Crippen LogP contribution in [-0.2, 0) is 12.7 Å². The summed E-state index contributed by atoms with van der Waals surface area (Å²) in [4.78, 5) is 11.2. The van der Waals surface area contributed by atoms with E-state index in [9.17, 15) is 18.0 Å². The number of nitrogens with zero attached hydrogens (tertiary/aromatic N) is 1. The standard InChI is InChI=1S/C9H8Br2F3NO/c10-3-7(11)5-15-4-6(9(12,13)14)1-2-8(15)16/h1-2,4,7H,3,5H2/t7-/m0/s1. The predicted octanol–water partition coefficient (Wildman–Crippen LogP) is 3.03. The van der Waals surface area contributed by atoms with Gasteiger partial charge in [-0.25, -0.2) is 0 Å². The molecule has 90 valence electrons. The van der Waals surface area contributed by atoms with Gasteiger partial charge in [0, 0.05) is 29.0 Å². The Labute approximate surface area is 107 Å². The molecule has 1 heterocycles. The van der Waals surface area contributed by atoms with Crippen molar-refractivity contribution >= 4 is 31.9 Å². The lowest BCUT2D eigenvalue weighted by atomic mass is 10.2. The first-order valence-corrected chi connectivity index (χ1v) is 6.36. The van der Waals surface area contributed by atoms with Crippen LogP contribution in [0.15, 0.2) is 23.1 Å². The minimum Gasteiger partial charge on any atom is -0.314 e. The van der Waals surface area contributed by atoms with Crippen LogP contribution >= 0.6 is 31.9 Å². The molecule has 0 saturated carbocycles. The van der Waals surface area contributed by atoms with E-state index in [0.717, 1.165) is 22.9 Å². The molecule has 0 saturated heterocycles. The molecule has 0 fully saturated rings. The van der Waals surface area contributed by atoms with Gasteiger partial charge in [0.1, 0.15) is 0 Å². The van der Waals surface area contributed by atoms with E-state index in [-0.39, 0.29) is 11.4 Å². The van der Waals surface area contributed by atoms with Crippen LogP contribution in [0.3, 0.4) is 0 Å². The smallest absolute Gasteiger partial charge is 0.314 e. The van der Waals surface area contributed by atoms with Crippen molar-refractivity contribution in [3.63, 3.8) is 0 Å². The molecule has 0 aliphatic rings. The Morgan fingerprint density at radius 1 is 1.38 bits per heavy atom. The summed E-state index contributed by atoms with van der Waals surface area (Å²) in [6.45, 7) is 0.188. The molecule has 0 spiro atoms. The number of halogens is 5. The zero-order valence-electron chi connectivity index (χ0n) is 7.97. The number of hydrogen-bond donors (Lipinski definition) is 0. The lowest BCUT2D eigenvalue weighted by Crippen LogP contribution is -2.25. The van der Waals surface area contributed by atoms with E-state index >= 15 is 0 Å². The van der Waals surface area contributed by atoms with Gasteiger partial charge < -0.3 is 4.57 Å². The molecule has 2 nitrogen and oxygen atoms in total. The SMILES string of the molecule is O=c1ccc(C(F)(F)F)cn1C[C@@H](Br)CBr. The Hall–Kier alpha value is -0.300.